The zero-order valence-corrected chi connectivity index (χ0v) is 15.5. The largest absolute Gasteiger partial charge is 0.380 e. The van der Waals surface area contributed by atoms with E-state index in [4.69, 9.17) is 16.3 Å². The number of alkyl halides is 1. The minimum absolute atomic E-state index is 0.412. The Morgan fingerprint density at radius 3 is 2.92 bits per heavy atom. The lowest BCUT2D eigenvalue weighted by atomic mass is 9.88. The monoisotopic (exact) mass is 394 g/mol. The minimum Gasteiger partial charge on any atom is -0.380 e. The van der Waals surface area contributed by atoms with Crippen molar-refractivity contribution >= 4 is 34.1 Å². The van der Waals surface area contributed by atoms with E-state index in [1.807, 2.05) is 19.2 Å². The lowest BCUT2D eigenvalue weighted by Gasteiger charge is -2.38. The second kappa shape index (κ2) is 6.90. The lowest BCUT2D eigenvalue weighted by molar-refractivity contribution is -0.133. The second-order valence-corrected chi connectivity index (χ2v) is 7.61. The molecule has 10 heteroatoms. The first kappa shape index (κ1) is 17.3. The first-order valence-corrected chi connectivity index (χ1v) is 9.11. The summed E-state index contributed by atoms with van der Waals surface area (Å²) in [6.45, 7) is 2.77. The van der Waals surface area contributed by atoms with Gasteiger partial charge in [-0.3, -0.25) is 9.07 Å². The highest BCUT2D eigenvalue weighted by molar-refractivity contribution is 7.10. The molecule has 7 nitrogen and oxygen atoms in total. The Bertz CT molecular complexity index is 920. The standard InChI is InChI=1S/C16H16ClFN6OS/c1-10-2-13(26-23-10)21-15-19-4-12(17)14(22-15)11-3-20-24(5-11)7-16(6-18)8-25-9-16/h2-5H,6-9H2,1H3,(H,19,21,22). The summed E-state index contributed by atoms with van der Waals surface area (Å²) in [5.41, 5.74) is 1.76. The van der Waals surface area contributed by atoms with E-state index in [0.717, 1.165) is 16.3 Å². The van der Waals surface area contributed by atoms with Crippen LogP contribution >= 0.6 is 23.1 Å². The van der Waals surface area contributed by atoms with Crippen LogP contribution in [-0.2, 0) is 11.3 Å². The quantitative estimate of drug-likeness (QED) is 0.689. The van der Waals surface area contributed by atoms with Crippen LogP contribution < -0.4 is 5.32 Å². The fourth-order valence-electron chi connectivity index (χ4n) is 2.68. The maximum absolute atomic E-state index is 13.3. The van der Waals surface area contributed by atoms with Crippen LogP contribution in [0.4, 0.5) is 15.3 Å². The molecule has 1 aliphatic rings. The number of hydrogen-bond donors (Lipinski definition) is 1. The van der Waals surface area contributed by atoms with E-state index in [1.54, 1.807) is 17.1 Å². The van der Waals surface area contributed by atoms with Crippen molar-refractivity contribution < 1.29 is 9.13 Å². The van der Waals surface area contributed by atoms with Crippen LogP contribution in [0.2, 0.25) is 5.02 Å². The SMILES string of the molecule is Cc1cc(Nc2ncc(Cl)c(-c3cnn(CC4(CF)COC4)c3)n2)sn1. The molecular weight excluding hydrogens is 379 g/mol. The van der Waals surface area contributed by atoms with Crippen molar-refractivity contribution in [2.24, 2.45) is 5.41 Å². The molecule has 1 aliphatic heterocycles. The van der Waals surface area contributed by atoms with Gasteiger partial charge in [0.2, 0.25) is 5.95 Å². The zero-order valence-electron chi connectivity index (χ0n) is 13.9. The number of rotatable bonds is 6. The molecule has 0 radical (unpaired) electrons. The number of nitrogens with one attached hydrogen (secondary N) is 1. The van der Waals surface area contributed by atoms with Gasteiger partial charge in [0.05, 0.1) is 54.0 Å². The number of anilines is 2. The van der Waals surface area contributed by atoms with Crippen LogP contribution in [0.5, 0.6) is 0 Å². The number of halogens is 2. The number of aryl methyl sites for hydroxylation is 1. The van der Waals surface area contributed by atoms with Gasteiger partial charge in [-0.2, -0.15) is 9.47 Å². The summed E-state index contributed by atoms with van der Waals surface area (Å²) in [6.07, 6.45) is 5.02. The number of nitrogens with zero attached hydrogens (tertiary/aromatic N) is 5. The Balaban J connectivity index is 1.56. The molecule has 3 aromatic heterocycles. The second-order valence-electron chi connectivity index (χ2n) is 6.40. The summed E-state index contributed by atoms with van der Waals surface area (Å²) in [7, 11) is 0. The Hall–Kier alpha value is -2.10. The van der Waals surface area contributed by atoms with Gasteiger partial charge in [-0.15, -0.1) is 0 Å². The molecule has 0 spiro atoms. The van der Waals surface area contributed by atoms with E-state index in [9.17, 15) is 4.39 Å². The van der Waals surface area contributed by atoms with Crippen LogP contribution in [-0.4, -0.2) is 44.0 Å². The summed E-state index contributed by atoms with van der Waals surface area (Å²) in [5, 5.41) is 8.70. The number of ether oxygens (including phenoxy) is 1. The zero-order chi connectivity index (χ0) is 18.1. The van der Waals surface area contributed by atoms with E-state index in [0.29, 0.717) is 36.4 Å². The Morgan fingerprint density at radius 1 is 1.42 bits per heavy atom. The molecule has 0 bridgehead atoms. The average Bonchev–Trinajstić information content (AvgIpc) is 3.22. The van der Waals surface area contributed by atoms with Crippen molar-refractivity contribution in [3.8, 4) is 11.3 Å². The third kappa shape index (κ3) is 3.42. The van der Waals surface area contributed by atoms with Crippen molar-refractivity contribution in [1.82, 2.24) is 24.1 Å². The van der Waals surface area contributed by atoms with E-state index >= 15 is 0 Å². The Morgan fingerprint density at radius 2 is 2.27 bits per heavy atom. The summed E-state index contributed by atoms with van der Waals surface area (Å²) >= 11 is 7.60. The topological polar surface area (TPSA) is 77.8 Å². The molecule has 1 saturated heterocycles. The van der Waals surface area contributed by atoms with E-state index in [-0.39, 0.29) is 0 Å². The third-order valence-electron chi connectivity index (χ3n) is 4.11. The minimum atomic E-state index is -0.477. The van der Waals surface area contributed by atoms with Crippen LogP contribution in [0.25, 0.3) is 11.3 Å². The first-order chi connectivity index (χ1) is 12.6. The average molecular weight is 395 g/mol. The summed E-state index contributed by atoms with van der Waals surface area (Å²) in [4.78, 5) is 8.69. The van der Waals surface area contributed by atoms with Gasteiger partial charge in [0.15, 0.2) is 0 Å². The number of hydrogen-bond acceptors (Lipinski definition) is 7. The molecule has 4 rings (SSSR count). The molecule has 0 aliphatic carbocycles. The van der Waals surface area contributed by atoms with Crippen molar-refractivity contribution in [1.29, 1.82) is 0 Å². The molecule has 0 amide bonds. The van der Waals surface area contributed by atoms with Crippen molar-refractivity contribution in [2.75, 3.05) is 25.2 Å². The number of aromatic nitrogens is 5. The summed E-state index contributed by atoms with van der Waals surface area (Å²) in [6, 6.07) is 1.91. The van der Waals surface area contributed by atoms with E-state index < -0.39 is 12.1 Å². The van der Waals surface area contributed by atoms with Crippen molar-refractivity contribution in [2.45, 2.75) is 13.5 Å². The van der Waals surface area contributed by atoms with Gasteiger partial charge in [0.1, 0.15) is 11.7 Å². The molecule has 0 aromatic carbocycles. The van der Waals surface area contributed by atoms with Gasteiger partial charge in [-0.1, -0.05) is 11.6 Å². The van der Waals surface area contributed by atoms with Gasteiger partial charge in [-0.25, -0.2) is 9.97 Å². The smallest absolute Gasteiger partial charge is 0.228 e. The van der Waals surface area contributed by atoms with E-state index in [1.165, 1.54) is 11.5 Å². The highest BCUT2D eigenvalue weighted by Crippen LogP contribution is 2.32. The molecule has 1 fully saturated rings. The molecule has 26 heavy (non-hydrogen) atoms. The predicted molar refractivity (Wildman–Crippen MR) is 97.6 cm³/mol. The molecule has 1 N–H and O–H groups in total. The highest BCUT2D eigenvalue weighted by Gasteiger charge is 2.39. The molecule has 3 aromatic rings. The molecule has 0 unspecified atom stereocenters. The Labute approximate surface area is 158 Å². The third-order valence-corrected chi connectivity index (χ3v) is 5.18. The maximum Gasteiger partial charge on any atom is 0.228 e. The molecule has 4 heterocycles. The Kier molecular flexibility index (Phi) is 4.60. The fourth-order valence-corrected chi connectivity index (χ4v) is 3.54. The lowest BCUT2D eigenvalue weighted by Crippen LogP contribution is -2.47. The van der Waals surface area contributed by atoms with Crippen LogP contribution in [0, 0.1) is 12.3 Å². The first-order valence-electron chi connectivity index (χ1n) is 7.96. The van der Waals surface area contributed by atoms with Crippen LogP contribution in [0.3, 0.4) is 0 Å². The van der Waals surface area contributed by atoms with Gasteiger partial charge in [0.25, 0.3) is 0 Å². The van der Waals surface area contributed by atoms with Crippen molar-refractivity contribution in [3.05, 3.63) is 35.4 Å². The molecule has 0 saturated carbocycles. The summed E-state index contributed by atoms with van der Waals surface area (Å²) < 4.78 is 24.3. The van der Waals surface area contributed by atoms with Crippen LogP contribution in [0.15, 0.2) is 24.7 Å². The van der Waals surface area contributed by atoms with E-state index in [2.05, 4.69) is 24.8 Å². The fraction of sp³-hybridized carbons (Fsp3) is 0.375. The van der Waals surface area contributed by atoms with Crippen LogP contribution in [0.1, 0.15) is 5.69 Å². The molecular formula is C16H16ClFN6OS. The van der Waals surface area contributed by atoms with Gasteiger partial charge < -0.3 is 10.1 Å². The van der Waals surface area contributed by atoms with Gasteiger partial charge in [-0.05, 0) is 24.5 Å². The summed E-state index contributed by atoms with van der Waals surface area (Å²) in [5.74, 6) is 0.424. The normalized spacial score (nSPS) is 15.7. The van der Waals surface area contributed by atoms with Crippen molar-refractivity contribution in [3.63, 3.8) is 0 Å². The predicted octanol–water partition coefficient (Wildman–Crippen LogP) is 3.49. The maximum atomic E-state index is 13.3. The molecule has 136 valence electrons. The highest BCUT2D eigenvalue weighted by atomic mass is 35.5. The van der Waals surface area contributed by atoms with Gasteiger partial charge >= 0.3 is 0 Å². The molecule has 0 atom stereocenters. The van der Waals surface area contributed by atoms with Gasteiger partial charge in [0, 0.05) is 11.8 Å².